The van der Waals surface area contributed by atoms with Crippen molar-refractivity contribution in [3.63, 3.8) is 0 Å². The van der Waals surface area contributed by atoms with Crippen LogP contribution in [-0.4, -0.2) is 46.7 Å². The molecule has 0 aliphatic heterocycles. The predicted octanol–water partition coefficient (Wildman–Crippen LogP) is 2.95. The van der Waals surface area contributed by atoms with Gasteiger partial charge in [-0.2, -0.15) is 0 Å². The Labute approximate surface area is 126 Å². The summed E-state index contributed by atoms with van der Waals surface area (Å²) in [5, 5.41) is 1.47. The summed E-state index contributed by atoms with van der Waals surface area (Å²) in [5.74, 6) is 0. The summed E-state index contributed by atoms with van der Waals surface area (Å²) >= 11 is 0. The molecule has 1 aromatic rings. The van der Waals surface area contributed by atoms with Crippen LogP contribution in [0, 0.1) is 0 Å². The molecule has 1 radical (unpaired) electrons. The van der Waals surface area contributed by atoms with E-state index in [9.17, 15) is 0 Å². The van der Waals surface area contributed by atoms with Crippen LogP contribution in [0.2, 0.25) is 6.04 Å². The Morgan fingerprint density at radius 1 is 1.25 bits per heavy atom. The van der Waals surface area contributed by atoms with Crippen molar-refractivity contribution in [2.75, 3.05) is 33.0 Å². The summed E-state index contributed by atoms with van der Waals surface area (Å²) < 4.78 is 5.47. The van der Waals surface area contributed by atoms with E-state index in [0.29, 0.717) is 0 Å². The van der Waals surface area contributed by atoms with Gasteiger partial charge in [-0.3, -0.25) is 0 Å². The monoisotopic (exact) mass is 290 g/mol. The van der Waals surface area contributed by atoms with E-state index in [4.69, 9.17) is 4.74 Å². The molecule has 111 valence electrons. The number of hydrogen-bond acceptors (Lipinski definition) is 2. The van der Waals surface area contributed by atoms with Gasteiger partial charge in [-0.1, -0.05) is 62.0 Å². The molecule has 2 nitrogen and oxygen atoms in total. The van der Waals surface area contributed by atoms with Crippen molar-refractivity contribution in [2.45, 2.75) is 26.3 Å². The fourth-order valence-corrected chi connectivity index (χ4v) is 4.94. The smallest absolute Gasteiger partial charge is 0.117 e. The number of nitrogens with zero attached hydrogens (tertiary/aromatic N) is 1. The van der Waals surface area contributed by atoms with E-state index in [-0.39, 0.29) is 0 Å². The maximum Gasteiger partial charge on any atom is 0.117 e. The summed E-state index contributed by atoms with van der Waals surface area (Å²) in [6.07, 6.45) is 4.11. The molecule has 0 bridgehead atoms. The topological polar surface area (TPSA) is 12.5 Å². The van der Waals surface area contributed by atoms with Crippen LogP contribution in [0.3, 0.4) is 0 Å². The molecule has 3 heteroatoms. The zero-order valence-electron chi connectivity index (χ0n) is 13.2. The zero-order valence-corrected chi connectivity index (χ0v) is 14.2. The van der Waals surface area contributed by atoms with Crippen molar-refractivity contribution in [3.05, 3.63) is 36.4 Å². The van der Waals surface area contributed by atoms with Gasteiger partial charge < -0.3 is 9.64 Å². The van der Waals surface area contributed by atoms with Crippen LogP contribution < -0.4 is 5.19 Å². The second-order valence-electron chi connectivity index (χ2n) is 4.96. The first-order valence-electron chi connectivity index (χ1n) is 7.54. The Morgan fingerprint density at radius 3 is 2.55 bits per heavy atom. The lowest BCUT2D eigenvalue weighted by Crippen LogP contribution is -2.37. The highest BCUT2D eigenvalue weighted by atomic mass is 28.3. The molecule has 0 heterocycles. The molecule has 0 fully saturated rings. The van der Waals surface area contributed by atoms with Gasteiger partial charge in [0.25, 0.3) is 0 Å². The normalized spacial score (nSPS) is 11.2. The van der Waals surface area contributed by atoms with Crippen LogP contribution in [0.5, 0.6) is 0 Å². The first-order valence-corrected chi connectivity index (χ1v) is 9.46. The molecule has 0 N–H and O–H groups in total. The molecule has 20 heavy (non-hydrogen) atoms. The largest absolute Gasteiger partial charge is 0.388 e. The second-order valence-corrected chi connectivity index (χ2v) is 7.49. The quantitative estimate of drug-likeness (QED) is 0.614. The summed E-state index contributed by atoms with van der Waals surface area (Å²) in [4.78, 5) is 2.49. The summed E-state index contributed by atoms with van der Waals surface area (Å²) in [5.41, 5.74) is 1.28. The van der Waals surface area contributed by atoms with Crippen LogP contribution in [0.1, 0.15) is 25.8 Å². The van der Waals surface area contributed by atoms with Crippen LogP contribution in [-0.2, 0) is 4.74 Å². The first kappa shape index (κ1) is 17.1. The van der Waals surface area contributed by atoms with Crippen molar-refractivity contribution in [3.8, 4) is 0 Å². The number of methoxy groups -OCH3 is 1. The molecule has 0 aliphatic rings. The number of benzene rings is 1. The van der Waals surface area contributed by atoms with Crippen LogP contribution in [0.15, 0.2) is 30.8 Å². The summed E-state index contributed by atoms with van der Waals surface area (Å²) in [7, 11) is 1.16. The molecule has 0 amide bonds. The average molecular weight is 291 g/mol. The van der Waals surface area contributed by atoms with Gasteiger partial charge in [-0.05, 0) is 31.6 Å². The molecule has 1 aromatic carbocycles. The fraction of sp³-hybridized carbons (Fsp3) is 0.529. The van der Waals surface area contributed by atoms with E-state index in [2.05, 4.69) is 49.6 Å². The van der Waals surface area contributed by atoms with Crippen molar-refractivity contribution in [2.24, 2.45) is 0 Å². The number of hydrogen-bond donors (Lipinski definition) is 0. The standard InChI is InChI=1S/C17H28NOSi/c1-5-16-11-8-9-12-17(16)20(15-19-4)14-10-13-18(6-2)7-3/h5,8-9,11-12H,1,6-7,10,13-15H2,2-4H3. The lowest BCUT2D eigenvalue weighted by molar-refractivity contribution is 0.249. The van der Waals surface area contributed by atoms with Crippen molar-refractivity contribution in [1.29, 1.82) is 0 Å². The second kappa shape index (κ2) is 9.92. The number of ether oxygens (including phenoxy) is 1. The van der Waals surface area contributed by atoms with E-state index in [0.717, 1.165) is 19.3 Å². The minimum absolute atomic E-state index is 0.647. The maximum absolute atomic E-state index is 5.47. The minimum Gasteiger partial charge on any atom is -0.388 e. The van der Waals surface area contributed by atoms with E-state index < -0.39 is 8.80 Å². The number of rotatable bonds is 10. The maximum atomic E-state index is 5.47. The Bertz CT molecular complexity index is 390. The molecule has 0 spiro atoms. The molecule has 0 saturated heterocycles. The average Bonchev–Trinajstić information content (AvgIpc) is 2.50. The summed E-state index contributed by atoms with van der Waals surface area (Å²) in [6.45, 7) is 11.9. The van der Waals surface area contributed by atoms with Gasteiger partial charge >= 0.3 is 0 Å². The minimum atomic E-state index is -0.647. The van der Waals surface area contributed by atoms with Gasteiger partial charge in [0.1, 0.15) is 8.80 Å². The lowest BCUT2D eigenvalue weighted by Gasteiger charge is -2.21. The highest BCUT2D eigenvalue weighted by Gasteiger charge is 2.16. The van der Waals surface area contributed by atoms with E-state index >= 15 is 0 Å². The first-order chi connectivity index (χ1) is 9.76. The van der Waals surface area contributed by atoms with Gasteiger partial charge in [0, 0.05) is 13.3 Å². The van der Waals surface area contributed by atoms with Crippen LogP contribution in [0.4, 0.5) is 0 Å². The third kappa shape index (κ3) is 5.23. The fourth-order valence-electron chi connectivity index (χ4n) is 2.51. The lowest BCUT2D eigenvalue weighted by atomic mass is 10.2. The molecular formula is C17H28NOSi. The van der Waals surface area contributed by atoms with Crippen molar-refractivity contribution < 1.29 is 4.74 Å². The van der Waals surface area contributed by atoms with Gasteiger partial charge in [0.15, 0.2) is 0 Å². The summed E-state index contributed by atoms with van der Waals surface area (Å²) in [6, 6.07) is 9.89. The SMILES string of the molecule is C=Cc1ccccc1[Si](CCCN(CC)CC)COC. The van der Waals surface area contributed by atoms with Crippen LogP contribution >= 0.6 is 0 Å². The Balaban J connectivity index is 2.66. The molecule has 0 aromatic heterocycles. The zero-order chi connectivity index (χ0) is 14.8. The molecule has 0 atom stereocenters. The van der Waals surface area contributed by atoms with E-state index in [1.807, 2.05) is 13.2 Å². The third-order valence-electron chi connectivity index (χ3n) is 3.73. The molecular weight excluding hydrogens is 262 g/mol. The van der Waals surface area contributed by atoms with E-state index in [1.165, 1.54) is 29.8 Å². The highest BCUT2D eigenvalue weighted by molar-refractivity contribution is 6.73. The third-order valence-corrected chi connectivity index (χ3v) is 6.54. The Kier molecular flexibility index (Phi) is 8.50. The highest BCUT2D eigenvalue weighted by Crippen LogP contribution is 2.07. The molecule has 0 aliphatic carbocycles. The predicted molar refractivity (Wildman–Crippen MR) is 91.0 cm³/mol. The van der Waals surface area contributed by atoms with Crippen molar-refractivity contribution in [1.82, 2.24) is 4.90 Å². The molecule has 0 saturated carbocycles. The van der Waals surface area contributed by atoms with Crippen molar-refractivity contribution >= 4 is 20.1 Å². The van der Waals surface area contributed by atoms with E-state index in [1.54, 1.807) is 0 Å². The molecule has 0 unspecified atom stereocenters. The molecule has 1 rings (SSSR count). The van der Waals surface area contributed by atoms with Crippen LogP contribution in [0.25, 0.3) is 6.08 Å². The van der Waals surface area contributed by atoms with Gasteiger partial charge in [-0.15, -0.1) is 0 Å². The van der Waals surface area contributed by atoms with Gasteiger partial charge in [-0.25, -0.2) is 0 Å². The van der Waals surface area contributed by atoms with Gasteiger partial charge in [0.05, 0.1) is 0 Å². The Morgan fingerprint density at radius 2 is 1.95 bits per heavy atom. The Hall–Kier alpha value is -0.903. The van der Waals surface area contributed by atoms with Gasteiger partial charge in [0.2, 0.25) is 0 Å².